The van der Waals surface area contributed by atoms with Crippen molar-refractivity contribution in [1.29, 1.82) is 0 Å². The fraction of sp³-hybridized carbons (Fsp3) is 0.276. The van der Waals surface area contributed by atoms with Crippen LogP contribution in [0.1, 0.15) is 0 Å². The molecule has 0 atom stereocenters. The molecule has 12 heteroatoms. The maximum Gasteiger partial charge on any atom is 0.409 e. The molecule has 12 nitrogen and oxygen atoms in total. The number of hydrogen-bond donors (Lipinski definition) is 3. The molecule has 1 aromatic heterocycles. The first-order valence-corrected chi connectivity index (χ1v) is 12.8. The second-order valence-electron chi connectivity index (χ2n) is 8.50. The minimum Gasteiger partial charge on any atom is -0.497 e. The molecule has 0 radical (unpaired) electrons. The number of nitrogens with one attached hydrogen (secondary N) is 2. The minimum absolute atomic E-state index is 0.298. The standard InChI is InChI=1S/C29H32N4O8/c1-36-11-12-38-13-14-39-15-16-40-22-18-20(17-21(19-22)37-2)31-28-30-10-9-27(33-28)41-26-8-7-25(32-29(34)35)23-5-3-4-6-24(23)26/h3-10,17-19,32H,11-16H2,1-2H3,(H,34,35)(H,30,31,33). The van der Waals surface area contributed by atoms with Crippen molar-refractivity contribution in [2.75, 3.05) is 64.5 Å². The molecule has 4 aromatic rings. The highest BCUT2D eigenvalue weighted by Crippen LogP contribution is 2.34. The van der Waals surface area contributed by atoms with Gasteiger partial charge in [-0.2, -0.15) is 4.98 Å². The molecule has 0 fully saturated rings. The lowest BCUT2D eigenvalue weighted by Crippen LogP contribution is -2.12. The second kappa shape index (κ2) is 15.2. The summed E-state index contributed by atoms with van der Waals surface area (Å²) in [6, 6.07) is 17.7. The summed E-state index contributed by atoms with van der Waals surface area (Å²) in [5.41, 5.74) is 1.11. The van der Waals surface area contributed by atoms with Crippen LogP contribution in [0, 0.1) is 0 Å². The van der Waals surface area contributed by atoms with Crippen LogP contribution in [0.25, 0.3) is 10.8 Å². The summed E-state index contributed by atoms with van der Waals surface area (Å²) in [4.78, 5) is 19.9. The zero-order valence-corrected chi connectivity index (χ0v) is 22.8. The molecule has 3 aromatic carbocycles. The third-order valence-electron chi connectivity index (χ3n) is 5.64. The molecule has 41 heavy (non-hydrogen) atoms. The Hall–Kier alpha value is -4.65. The van der Waals surface area contributed by atoms with E-state index in [0.29, 0.717) is 85.5 Å². The summed E-state index contributed by atoms with van der Waals surface area (Å²) in [6.07, 6.45) is 0.426. The number of amides is 1. The van der Waals surface area contributed by atoms with E-state index in [1.807, 2.05) is 24.3 Å². The topological polar surface area (TPSA) is 143 Å². The van der Waals surface area contributed by atoms with Gasteiger partial charge in [-0.1, -0.05) is 24.3 Å². The van der Waals surface area contributed by atoms with E-state index in [0.717, 1.165) is 5.39 Å². The van der Waals surface area contributed by atoms with Gasteiger partial charge in [0, 0.05) is 54.0 Å². The molecule has 1 amide bonds. The Morgan fingerprint density at radius 2 is 1.59 bits per heavy atom. The Balaban J connectivity index is 1.39. The van der Waals surface area contributed by atoms with Crippen LogP contribution < -0.4 is 24.8 Å². The Bertz CT molecular complexity index is 1440. The van der Waals surface area contributed by atoms with Gasteiger partial charge in [-0.3, -0.25) is 5.32 Å². The maximum atomic E-state index is 11.2. The van der Waals surface area contributed by atoms with Gasteiger partial charge in [0.25, 0.3) is 0 Å². The van der Waals surface area contributed by atoms with Crippen LogP contribution in [0.3, 0.4) is 0 Å². The second-order valence-corrected chi connectivity index (χ2v) is 8.50. The summed E-state index contributed by atoms with van der Waals surface area (Å²) in [6.45, 7) is 2.79. The number of benzene rings is 3. The van der Waals surface area contributed by atoms with Crippen molar-refractivity contribution in [2.24, 2.45) is 0 Å². The van der Waals surface area contributed by atoms with Crippen LogP contribution in [0.5, 0.6) is 23.1 Å². The predicted octanol–water partition coefficient (Wildman–Crippen LogP) is 5.32. The average Bonchev–Trinajstić information content (AvgIpc) is 2.97. The number of methoxy groups -OCH3 is 2. The summed E-state index contributed by atoms with van der Waals surface area (Å²) in [5, 5.41) is 16.1. The van der Waals surface area contributed by atoms with Gasteiger partial charge in [-0.05, 0) is 12.1 Å². The molecule has 0 aliphatic carbocycles. The lowest BCUT2D eigenvalue weighted by molar-refractivity contribution is 0.0179. The molecule has 0 saturated carbocycles. The lowest BCUT2D eigenvalue weighted by atomic mass is 10.1. The van der Waals surface area contributed by atoms with E-state index >= 15 is 0 Å². The zero-order valence-electron chi connectivity index (χ0n) is 22.8. The fourth-order valence-electron chi connectivity index (χ4n) is 3.81. The van der Waals surface area contributed by atoms with Crippen LogP contribution in [-0.4, -0.2) is 75.0 Å². The number of anilines is 3. The van der Waals surface area contributed by atoms with E-state index in [1.54, 1.807) is 56.8 Å². The quantitative estimate of drug-likeness (QED) is 0.152. The van der Waals surface area contributed by atoms with Crippen molar-refractivity contribution in [1.82, 2.24) is 9.97 Å². The molecule has 0 bridgehead atoms. The van der Waals surface area contributed by atoms with Crippen LogP contribution >= 0.6 is 0 Å². The van der Waals surface area contributed by atoms with Gasteiger partial charge < -0.3 is 38.8 Å². The lowest BCUT2D eigenvalue weighted by Gasteiger charge is -2.13. The largest absolute Gasteiger partial charge is 0.497 e. The number of fused-ring (bicyclic) bond motifs is 1. The van der Waals surface area contributed by atoms with Gasteiger partial charge >= 0.3 is 6.09 Å². The van der Waals surface area contributed by atoms with Gasteiger partial charge in [0.2, 0.25) is 11.8 Å². The van der Waals surface area contributed by atoms with E-state index in [9.17, 15) is 4.79 Å². The van der Waals surface area contributed by atoms with E-state index in [4.69, 9.17) is 33.5 Å². The van der Waals surface area contributed by atoms with Crippen LogP contribution in [-0.2, 0) is 14.2 Å². The Morgan fingerprint density at radius 3 is 2.34 bits per heavy atom. The number of rotatable bonds is 16. The molecule has 0 aliphatic rings. The molecule has 216 valence electrons. The Kier molecular flexibility index (Phi) is 10.9. The molecule has 0 spiro atoms. The highest BCUT2D eigenvalue weighted by atomic mass is 16.6. The third-order valence-corrected chi connectivity index (χ3v) is 5.64. The number of nitrogens with zero attached hydrogens (tertiary/aromatic N) is 2. The zero-order chi connectivity index (χ0) is 28.9. The highest BCUT2D eigenvalue weighted by Gasteiger charge is 2.11. The van der Waals surface area contributed by atoms with Crippen molar-refractivity contribution < 1.29 is 38.3 Å². The summed E-state index contributed by atoms with van der Waals surface area (Å²) in [5.74, 6) is 2.29. The molecule has 4 rings (SSSR count). The first kappa shape index (κ1) is 29.3. The minimum atomic E-state index is -1.14. The van der Waals surface area contributed by atoms with Gasteiger partial charge in [-0.25, -0.2) is 9.78 Å². The molecule has 3 N–H and O–H groups in total. The fourth-order valence-corrected chi connectivity index (χ4v) is 3.81. The Morgan fingerprint density at radius 1 is 0.854 bits per heavy atom. The van der Waals surface area contributed by atoms with E-state index in [-0.39, 0.29) is 0 Å². The molecule has 0 aliphatic heterocycles. The van der Waals surface area contributed by atoms with Crippen LogP contribution in [0.4, 0.5) is 22.1 Å². The normalized spacial score (nSPS) is 10.8. The van der Waals surface area contributed by atoms with Crippen molar-refractivity contribution in [2.45, 2.75) is 0 Å². The number of aromatic nitrogens is 2. The van der Waals surface area contributed by atoms with Crippen molar-refractivity contribution in [3.63, 3.8) is 0 Å². The number of hydrogen-bond acceptors (Lipinski definition) is 10. The van der Waals surface area contributed by atoms with Crippen LogP contribution in [0.15, 0.2) is 66.9 Å². The first-order chi connectivity index (χ1) is 20.1. The van der Waals surface area contributed by atoms with Crippen molar-refractivity contribution in [3.8, 4) is 23.1 Å². The number of ether oxygens (including phenoxy) is 6. The van der Waals surface area contributed by atoms with Gasteiger partial charge in [0.15, 0.2) is 0 Å². The smallest absolute Gasteiger partial charge is 0.409 e. The van der Waals surface area contributed by atoms with E-state index in [1.165, 1.54) is 0 Å². The molecular weight excluding hydrogens is 532 g/mol. The average molecular weight is 565 g/mol. The number of carbonyl (C=O) groups is 1. The Labute approximate surface area is 237 Å². The van der Waals surface area contributed by atoms with Gasteiger partial charge in [-0.15, -0.1) is 0 Å². The van der Waals surface area contributed by atoms with E-state index in [2.05, 4.69) is 20.6 Å². The highest BCUT2D eigenvalue weighted by molar-refractivity contribution is 6.02. The van der Waals surface area contributed by atoms with Crippen molar-refractivity contribution >= 4 is 34.2 Å². The molecular formula is C29H32N4O8. The summed E-state index contributed by atoms with van der Waals surface area (Å²) in [7, 11) is 3.20. The SMILES string of the molecule is COCCOCCOCCOc1cc(Nc2nccc(Oc3ccc(NC(=O)O)c4ccccc34)n2)cc(OC)c1. The van der Waals surface area contributed by atoms with Crippen molar-refractivity contribution in [3.05, 3.63) is 66.9 Å². The van der Waals surface area contributed by atoms with E-state index < -0.39 is 6.09 Å². The van der Waals surface area contributed by atoms with Gasteiger partial charge in [0.1, 0.15) is 23.9 Å². The molecule has 0 unspecified atom stereocenters. The molecule has 0 saturated heterocycles. The van der Waals surface area contributed by atoms with Crippen LogP contribution in [0.2, 0.25) is 0 Å². The third kappa shape index (κ3) is 8.93. The van der Waals surface area contributed by atoms with Gasteiger partial charge in [0.05, 0.1) is 45.8 Å². The summed E-state index contributed by atoms with van der Waals surface area (Å²) < 4.78 is 33.1. The monoisotopic (exact) mass is 564 g/mol. The number of carboxylic acid groups (broad SMARTS) is 1. The summed E-state index contributed by atoms with van der Waals surface area (Å²) >= 11 is 0. The predicted molar refractivity (Wildman–Crippen MR) is 153 cm³/mol. The molecule has 1 heterocycles. The maximum absolute atomic E-state index is 11.2. The first-order valence-electron chi connectivity index (χ1n) is 12.8.